The molecule has 126 valence electrons. The third-order valence-corrected chi connectivity index (χ3v) is 6.59. The number of amides is 1. The lowest BCUT2D eigenvalue weighted by Crippen LogP contribution is -2.15. The Morgan fingerprint density at radius 2 is 2.00 bits per heavy atom. The summed E-state index contributed by atoms with van der Waals surface area (Å²) in [6, 6.07) is 5.59. The molecule has 0 unspecified atom stereocenters. The van der Waals surface area contributed by atoms with Crippen LogP contribution in [0.2, 0.25) is 0 Å². The lowest BCUT2D eigenvalue weighted by atomic mass is 9.95. The molecule has 4 nitrogen and oxygen atoms in total. The standard InChI is InChI=1S/C18H18INO3S/c1-10-7-8-11(9-13(10)19)16(21)20-17-15(18(22)23-2)12-5-3-4-6-14(12)24-17/h7-9H,3-6H2,1-2H3,(H,20,21). The summed E-state index contributed by atoms with van der Waals surface area (Å²) < 4.78 is 5.98. The first-order valence-corrected chi connectivity index (χ1v) is 9.71. The predicted octanol–water partition coefficient (Wildman–Crippen LogP) is 4.58. The highest BCUT2D eigenvalue weighted by Gasteiger charge is 2.27. The van der Waals surface area contributed by atoms with Crippen molar-refractivity contribution in [3.63, 3.8) is 0 Å². The van der Waals surface area contributed by atoms with Crippen LogP contribution in [0.15, 0.2) is 18.2 Å². The van der Waals surface area contributed by atoms with Gasteiger partial charge in [-0.25, -0.2) is 4.79 Å². The lowest BCUT2D eigenvalue weighted by molar-refractivity contribution is 0.0601. The molecule has 0 bridgehead atoms. The predicted molar refractivity (Wildman–Crippen MR) is 104 cm³/mol. The summed E-state index contributed by atoms with van der Waals surface area (Å²) in [7, 11) is 1.38. The summed E-state index contributed by atoms with van der Waals surface area (Å²) in [4.78, 5) is 26.0. The van der Waals surface area contributed by atoms with Gasteiger partial charge in [-0.3, -0.25) is 4.79 Å². The summed E-state index contributed by atoms with van der Waals surface area (Å²) in [5.41, 5.74) is 3.31. The van der Waals surface area contributed by atoms with Crippen LogP contribution < -0.4 is 5.32 Å². The minimum atomic E-state index is -0.372. The van der Waals surface area contributed by atoms with E-state index in [9.17, 15) is 9.59 Å². The van der Waals surface area contributed by atoms with Crippen molar-refractivity contribution in [2.75, 3.05) is 12.4 Å². The molecule has 0 atom stereocenters. The molecule has 1 N–H and O–H groups in total. The maximum atomic E-state index is 12.6. The molecule has 1 aliphatic carbocycles. The van der Waals surface area contributed by atoms with Gasteiger partial charge in [-0.15, -0.1) is 11.3 Å². The second-order valence-corrected chi connectivity index (χ2v) is 8.09. The van der Waals surface area contributed by atoms with Gasteiger partial charge in [-0.2, -0.15) is 0 Å². The van der Waals surface area contributed by atoms with E-state index >= 15 is 0 Å². The number of ether oxygens (including phenoxy) is 1. The Balaban J connectivity index is 1.94. The van der Waals surface area contributed by atoms with Crippen LogP contribution in [0.4, 0.5) is 5.00 Å². The molecule has 0 fully saturated rings. The van der Waals surface area contributed by atoms with Crippen molar-refractivity contribution in [1.82, 2.24) is 0 Å². The third kappa shape index (κ3) is 3.35. The highest BCUT2D eigenvalue weighted by atomic mass is 127. The van der Waals surface area contributed by atoms with Gasteiger partial charge in [0, 0.05) is 14.0 Å². The van der Waals surface area contributed by atoms with Gasteiger partial charge < -0.3 is 10.1 Å². The Kier molecular flexibility index (Phi) is 5.24. The first-order valence-electron chi connectivity index (χ1n) is 7.81. The van der Waals surface area contributed by atoms with Crippen LogP contribution in [-0.4, -0.2) is 19.0 Å². The quantitative estimate of drug-likeness (QED) is 0.545. The molecule has 24 heavy (non-hydrogen) atoms. The van der Waals surface area contributed by atoms with Crippen LogP contribution in [0, 0.1) is 10.5 Å². The molecule has 0 aliphatic heterocycles. The number of thiophene rings is 1. The van der Waals surface area contributed by atoms with Crippen LogP contribution in [0.25, 0.3) is 0 Å². The van der Waals surface area contributed by atoms with E-state index in [0.717, 1.165) is 40.4 Å². The zero-order chi connectivity index (χ0) is 17.3. The van der Waals surface area contributed by atoms with E-state index in [1.165, 1.54) is 23.3 Å². The van der Waals surface area contributed by atoms with Gasteiger partial charge in [0.25, 0.3) is 5.91 Å². The van der Waals surface area contributed by atoms with Crippen molar-refractivity contribution in [2.45, 2.75) is 32.6 Å². The molecule has 1 heterocycles. The number of halogens is 1. The molecule has 0 radical (unpaired) electrons. The number of nitrogens with one attached hydrogen (secondary N) is 1. The fourth-order valence-corrected chi connectivity index (χ4v) is 4.67. The van der Waals surface area contributed by atoms with Gasteiger partial charge >= 0.3 is 5.97 Å². The third-order valence-electron chi connectivity index (χ3n) is 4.22. The molecule has 6 heteroatoms. The highest BCUT2D eigenvalue weighted by molar-refractivity contribution is 14.1. The molecular formula is C18H18INO3S. The zero-order valence-electron chi connectivity index (χ0n) is 13.6. The fourth-order valence-electron chi connectivity index (χ4n) is 2.88. The Bertz CT molecular complexity index is 813. The number of hydrogen-bond donors (Lipinski definition) is 1. The van der Waals surface area contributed by atoms with E-state index in [4.69, 9.17) is 4.74 Å². The fraction of sp³-hybridized carbons (Fsp3) is 0.333. The Hall–Kier alpha value is -1.41. The highest BCUT2D eigenvalue weighted by Crippen LogP contribution is 2.38. The van der Waals surface area contributed by atoms with Crippen molar-refractivity contribution in [1.29, 1.82) is 0 Å². The van der Waals surface area contributed by atoms with E-state index < -0.39 is 0 Å². The number of fused-ring (bicyclic) bond motifs is 1. The number of rotatable bonds is 3. The van der Waals surface area contributed by atoms with E-state index in [2.05, 4.69) is 27.9 Å². The maximum absolute atomic E-state index is 12.6. The smallest absolute Gasteiger partial charge is 0.341 e. The van der Waals surface area contributed by atoms with Crippen molar-refractivity contribution < 1.29 is 14.3 Å². The van der Waals surface area contributed by atoms with E-state index in [1.807, 2.05) is 19.1 Å². The Labute approximate surface area is 158 Å². The van der Waals surface area contributed by atoms with E-state index in [0.29, 0.717) is 16.1 Å². The number of aryl methyl sites for hydroxylation is 2. The molecular weight excluding hydrogens is 437 g/mol. The number of esters is 1. The van der Waals surface area contributed by atoms with Crippen molar-refractivity contribution in [2.24, 2.45) is 0 Å². The van der Waals surface area contributed by atoms with Crippen LogP contribution in [-0.2, 0) is 17.6 Å². The lowest BCUT2D eigenvalue weighted by Gasteiger charge is -2.11. The minimum absolute atomic E-state index is 0.198. The number of benzene rings is 1. The SMILES string of the molecule is COC(=O)c1c(NC(=O)c2ccc(C)c(I)c2)sc2c1CCCC2. The Morgan fingerprint density at radius 1 is 1.25 bits per heavy atom. The van der Waals surface area contributed by atoms with Crippen LogP contribution in [0.5, 0.6) is 0 Å². The van der Waals surface area contributed by atoms with Gasteiger partial charge in [0.2, 0.25) is 0 Å². The van der Waals surface area contributed by atoms with E-state index in [-0.39, 0.29) is 11.9 Å². The Morgan fingerprint density at radius 3 is 2.71 bits per heavy atom. The monoisotopic (exact) mass is 455 g/mol. The van der Waals surface area contributed by atoms with Crippen LogP contribution in [0.3, 0.4) is 0 Å². The number of hydrogen-bond acceptors (Lipinski definition) is 4. The van der Waals surface area contributed by atoms with Gasteiger partial charge in [0.15, 0.2) is 0 Å². The van der Waals surface area contributed by atoms with Gasteiger partial charge in [-0.05, 0) is 78.5 Å². The van der Waals surface area contributed by atoms with Gasteiger partial charge in [-0.1, -0.05) is 6.07 Å². The summed E-state index contributed by atoms with van der Waals surface area (Å²) in [6.45, 7) is 2.01. The molecule has 0 spiro atoms. The van der Waals surface area contributed by atoms with Gasteiger partial charge in [0.05, 0.1) is 12.7 Å². The molecule has 1 aromatic heterocycles. The largest absolute Gasteiger partial charge is 0.465 e. The minimum Gasteiger partial charge on any atom is -0.465 e. The van der Waals surface area contributed by atoms with E-state index in [1.54, 1.807) is 6.07 Å². The second kappa shape index (κ2) is 7.23. The molecule has 1 aliphatic rings. The first-order chi connectivity index (χ1) is 11.5. The number of methoxy groups -OCH3 is 1. The molecule has 0 saturated heterocycles. The number of carbonyl (C=O) groups is 2. The van der Waals surface area contributed by atoms with Crippen LogP contribution >= 0.6 is 33.9 Å². The molecule has 1 aromatic carbocycles. The molecule has 1 amide bonds. The maximum Gasteiger partial charge on any atom is 0.341 e. The summed E-state index contributed by atoms with van der Waals surface area (Å²) in [5, 5.41) is 3.53. The number of anilines is 1. The average molecular weight is 455 g/mol. The topological polar surface area (TPSA) is 55.4 Å². The molecule has 3 rings (SSSR count). The average Bonchev–Trinajstić information content (AvgIpc) is 2.94. The summed E-state index contributed by atoms with van der Waals surface area (Å²) >= 11 is 3.72. The van der Waals surface area contributed by atoms with Crippen molar-refractivity contribution >= 4 is 50.8 Å². The second-order valence-electron chi connectivity index (χ2n) is 5.82. The molecule has 2 aromatic rings. The molecule has 0 saturated carbocycles. The summed E-state index contributed by atoms with van der Waals surface area (Å²) in [5.74, 6) is -0.570. The normalized spacial score (nSPS) is 13.3. The van der Waals surface area contributed by atoms with Crippen molar-refractivity contribution in [3.05, 3.63) is 48.9 Å². The van der Waals surface area contributed by atoms with Gasteiger partial charge in [0.1, 0.15) is 5.00 Å². The first kappa shape index (κ1) is 17.4. The zero-order valence-corrected chi connectivity index (χ0v) is 16.5. The number of carbonyl (C=O) groups excluding carboxylic acids is 2. The summed E-state index contributed by atoms with van der Waals surface area (Å²) in [6.07, 6.45) is 4.02. The van der Waals surface area contributed by atoms with Crippen LogP contribution in [0.1, 0.15) is 49.6 Å². The van der Waals surface area contributed by atoms with Crippen molar-refractivity contribution in [3.8, 4) is 0 Å².